The fourth-order valence-corrected chi connectivity index (χ4v) is 3.50. The minimum atomic E-state index is -0.134. The van der Waals surface area contributed by atoms with Crippen molar-refractivity contribution in [3.05, 3.63) is 23.8 Å². The predicted molar refractivity (Wildman–Crippen MR) is 88.3 cm³/mol. The van der Waals surface area contributed by atoms with Gasteiger partial charge in [0, 0.05) is 33.8 Å². The Bertz CT molecular complexity index is 556. The number of nitrogens with zero attached hydrogens (tertiary/aromatic N) is 1. The maximum Gasteiger partial charge on any atom is 0.0714 e. The molecule has 23 heavy (non-hydrogen) atoms. The number of unbranched alkanes of at least 4 members (excludes halogenated alkanes) is 1. The zero-order valence-corrected chi connectivity index (χ0v) is 14.5. The number of aliphatic imine (C=N–C) groups is 1. The van der Waals surface area contributed by atoms with E-state index in [-0.39, 0.29) is 5.41 Å². The van der Waals surface area contributed by atoms with Gasteiger partial charge in [0.2, 0.25) is 0 Å². The molecule has 2 rings (SSSR count). The predicted octanol–water partition coefficient (Wildman–Crippen LogP) is 4.72. The molecule has 1 unspecified atom stereocenters. The molecule has 0 spiro atoms. The molecule has 0 radical (unpaired) electrons. The van der Waals surface area contributed by atoms with E-state index in [9.17, 15) is 0 Å². The lowest BCUT2D eigenvalue weighted by molar-refractivity contribution is -0.432. The second-order valence-corrected chi connectivity index (χ2v) is 6.91. The van der Waals surface area contributed by atoms with Crippen LogP contribution in [0.15, 0.2) is 28.1 Å². The summed E-state index contributed by atoms with van der Waals surface area (Å²) in [4.78, 5) is 5.49. The highest BCUT2D eigenvalue weighted by atomic mass is 32.2. The first kappa shape index (κ1) is 18.7. The molecule has 1 aliphatic heterocycles. The molecule has 0 aromatic heterocycles. The molecule has 1 aromatic rings. The van der Waals surface area contributed by atoms with E-state index in [1.165, 1.54) is 0 Å². The lowest BCUT2D eigenvalue weighted by Crippen LogP contribution is -2.27. The number of hydrogen-bond donors (Lipinski definition) is 2. The first-order valence-corrected chi connectivity index (χ1v) is 8.72. The minimum absolute atomic E-state index is 0.134. The van der Waals surface area contributed by atoms with Crippen LogP contribution in [0.5, 0.6) is 0 Å². The van der Waals surface area contributed by atoms with Crippen molar-refractivity contribution in [1.82, 2.24) is 0 Å². The van der Waals surface area contributed by atoms with Gasteiger partial charge in [-0.2, -0.15) is 0 Å². The lowest BCUT2D eigenvalue weighted by Gasteiger charge is -2.26. The Kier molecular flexibility index (Phi) is 7.31. The van der Waals surface area contributed by atoms with Crippen molar-refractivity contribution in [2.45, 2.75) is 43.4 Å². The molecule has 0 bridgehead atoms. The zero-order chi connectivity index (χ0) is 16.7. The van der Waals surface area contributed by atoms with E-state index < -0.39 is 0 Å². The summed E-state index contributed by atoms with van der Waals surface area (Å²) in [6.45, 7) is 4.22. The summed E-state index contributed by atoms with van der Waals surface area (Å²) in [7, 11) is 0. The Morgan fingerprint density at radius 2 is 1.96 bits per heavy atom. The van der Waals surface area contributed by atoms with Crippen molar-refractivity contribution in [3.8, 4) is 0 Å². The standard InChI is InChI=1S/C14H19NO6S2/c1-10-14(2,7-3-4-8-22-20-18-16)12-9-11(23-21-19-17)5-6-13(12)15-10/h5-6,9,16-17H,3-4,7-8H2,1-2H3. The van der Waals surface area contributed by atoms with Crippen LogP contribution in [0, 0.1) is 0 Å². The molecule has 128 valence electrons. The molecule has 0 fully saturated rings. The van der Waals surface area contributed by atoms with Crippen molar-refractivity contribution in [1.29, 1.82) is 0 Å². The number of fused-ring (bicyclic) bond motifs is 1. The van der Waals surface area contributed by atoms with Crippen LogP contribution in [-0.4, -0.2) is 22.0 Å². The molecule has 1 aromatic carbocycles. The van der Waals surface area contributed by atoms with Gasteiger partial charge in [-0.3, -0.25) is 4.99 Å². The van der Waals surface area contributed by atoms with Crippen molar-refractivity contribution >= 4 is 35.5 Å². The van der Waals surface area contributed by atoms with Crippen LogP contribution in [-0.2, 0) is 24.2 Å². The summed E-state index contributed by atoms with van der Waals surface area (Å²) < 4.78 is 8.86. The second-order valence-electron chi connectivity index (χ2n) is 5.36. The van der Waals surface area contributed by atoms with Crippen LogP contribution < -0.4 is 0 Å². The van der Waals surface area contributed by atoms with E-state index >= 15 is 0 Å². The summed E-state index contributed by atoms with van der Waals surface area (Å²) in [5, 5.41) is 23.5. The van der Waals surface area contributed by atoms with Gasteiger partial charge in [-0.05, 0) is 43.5 Å². The van der Waals surface area contributed by atoms with Gasteiger partial charge in [-0.1, -0.05) is 23.4 Å². The Morgan fingerprint density at radius 1 is 1.17 bits per heavy atom. The summed E-state index contributed by atoms with van der Waals surface area (Å²) >= 11 is 2.02. The fourth-order valence-electron chi connectivity index (χ4n) is 2.67. The smallest absolute Gasteiger partial charge is 0.0714 e. The van der Waals surface area contributed by atoms with E-state index in [0.717, 1.165) is 71.0 Å². The second kappa shape index (κ2) is 9.00. The van der Waals surface area contributed by atoms with Crippen LogP contribution in [0.1, 0.15) is 38.7 Å². The van der Waals surface area contributed by atoms with Gasteiger partial charge >= 0.3 is 0 Å². The first-order valence-electron chi connectivity index (χ1n) is 7.06. The van der Waals surface area contributed by atoms with Gasteiger partial charge in [-0.15, -0.1) is 8.67 Å². The molecule has 1 heterocycles. The summed E-state index contributed by atoms with van der Waals surface area (Å²) in [6, 6.07) is 5.82. The summed E-state index contributed by atoms with van der Waals surface area (Å²) in [5.41, 5.74) is 3.05. The Balaban J connectivity index is 2.00. The van der Waals surface area contributed by atoms with Crippen molar-refractivity contribution in [2.75, 3.05) is 5.75 Å². The zero-order valence-electron chi connectivity index (χ0n) is 12.9. The van der Waals surface area contributed by atoms with E-state index in [0.29, 0.717) is 0 Å². The molecule has 0 saturated heterocycles. The highest BCUT2D eigenvalue weighted by Crippen LogP contribution is 2.44. The van der Waals surface area contributed by atoms with Gasteiger partial charge in [0.1, 0.15) is 0 Å². The van der Waals surface area contributed by atoms with Crippen LogP contribution in [0.25, 0.3) is 0 Å². The summed E-state index contributed by atoms with van der Waals surface area (Å²) in [6.07, 6.45) is 2.86. The molecule has 0 amide bonds. The molecule has 2 N–H and O–H groups in total. The van der Waals surface area contributed by atoms with E-state index in [1.807, 2.05) is 25.1 Å². The van der Waals surface area contributed by atoms with Gasteiger partial charge in [0.05, 0.1) is 17.7 Å². The van der Waals surface area contributed by atoms with Crippen LogP contribution >= 0.6 is 24.1 Å². The molecular formula is C14H19NO6S2. The molecule has 0 aliphatic carbocycles. The Labute approximate surface area is 143 Å². The number of rotatable bonds is 10. The van der Waals surface area contributed by atoms with Crippen molar-refractivity contribution < 1.29 is 29.3 Å². The van der Waals surface area contributed by atoms with E-state index in [1.54, 1.807) is 0 Å². The van der Waals surface area contributed by atoms with Crippen molar-refractivity contribution in [2.24, 2.45) is 4.99 Å². The molecular weight excluding hydrogens is 342 g/mol. The largest absolute Gasteiger partial charge is 0.257 e. The van der Waals surface area contributed by atoms with Gasteiger partial charge < -0.3 is 0 Å². The van der Waals surface area contributed by atoms with Crippen molar-refractivity contribution in [3.63, 3.8) is 0 Å². The van der Waals surface area contributed by atoms with E-state index in [4.69, 9.17) is 10.5 Å². The maximum atomic E-state index is 8.27. The van der Waals surface area contributed by atoms with Crippen LogP contribution in [0.3, 0.4) is 0 Å². The molecule has 1 aliphatic rings. The highest BCUT2D eigenvalue weighted by Gasteiger charge is 2.36. The monoisotopic (exact) mass is 361 g/mol. The quantitative estimate of drug-likeness (QED) is 0.268. The SMILES string of the molecule is CC1=Nc2ccc(SOOO)cc2C1(C)CCCCSOOO. The minimum Gasteiger partial charge on any atom is -0.257 e. The van der Waals surface area contributed by atoms with Crippen LogP contribution in [0.2, 0.25) is 0 Å². The fraction of sp³-hybridized carbons (Fsp3) is 0.500. The lowest BCUT2D eigenvalue weighted by atomic mass is 9.76. The molecule has 7 nitrogen and oxygen atoms in total. The maximum absolute atomic E-state index is 8.27. The number of hydrogen-bond acceptors (Lipinski definition) is 9. The van der Waals surface area contributed by atoms with Gasteiger partial charge in [-0.25, -0.2) is 10.5 Å². The Morgan fingerprint density at radius 3 is 2.70 bits per heavy atom. The topological polar surface area (TPSA) is 89.7 Å². The third kappa shape index (κ3) is 4.68. The average Bonchev–Trinajstić information content (AvgIpc) is 2.80. The van der Waals surface area contributed by atoms with E-state index in [2.05, 4.69) is 30.7 Å². The average molecular weight is 361 g/mol. The third-order valence-electron chi connectivity index (χ3n) is 4.04. The Hall–Kier alpha value is -0.650. The molecule has 9 heteroatoms. The van der Waals surface area contributed by atoms with Crippen LogP contribution in [0.4, 0.5) is 5.69 Å². The molecule has 1 atom stereocenters. The van der Waals surface area contributed by atoms with Gasteiger partial charge in [0.25, 0.3) is 0 Å². The number of benzene rings is 1. The molecule has 0 saturated carbocycles. The third-order valence-corrected chi connectivity index (χ3v) is 5.23. The normalized spacial score (nSPS) is 19.7. The highest BCUT2D eigenvalue weighted by molar-refractivity contribution is 7.94. The first-order chi connectivity index (χ1) is 11.1. The van der Waals surface area contributed by atoms with Gasteiger partial charge in [0.15, 0.2) is 0 Å². The summed E-state index contributed by atoms with van der Waals surface area (Å²) in [5.74, 6) is 0.733.